The van der Waals surface area contributed by atoms with Crippen LogP contribution >= 0.6 is 0 Å². The number of imidazole rings is 1. The summed E-state index contributed by atoms with van der Waals surface area (Å²) in [6, 6.07) is 7.13. The van der Waals surface area contributed by atoms with Crippen molar-refractivity contribution in [2.45, 2.75) is 44.9 Å². The second kappa shape index (κ2) is 10.8. The van der Waals surface area contributed by atoms with E-state index in [0.717, 1.165) is 12.1 Å². The van der Waals surface area contributed by atoms with Crippen LogP contribution in [0, 0.1) is 11.7 Å². The molecule has 3 aromatic heterocycles. The number of nitrogens with zero attached hydrogens (tertiary/aromatic N) is 6. The predicted octanol–water partition coefficient (Wildman–Crippen LogP) is 5.27. The van der Waals surface area contributed by atoms with E-state index in [1.165, 1.54) is 17.7 Å². The molecule has 9 nitrogen and oxygen atoms in total. The number of aromatic nitrogens is 5. The van der Waals surface area contributed by atoms with E-state index >= 15 is 4.39 Å². The Kier molecular flexibility index (Phi) is 7.14. The van der Waals surface area contributed by atoms with Crippen molar-refractivity contribution in [2.24, 2.45) is 5.92 Å². The lowest BCUT2D eigenvalue weighted by atomic mass is 10.1. The number of benzene rings is 1. The zero-order valence-electron chi connectivity index (χ0n) is 22.5. The summed E-state index contributed by atoms with van der Waals surface area (Å²) in [7, 11) is 0. The topological polar surface area (TPSA) is 95.0 Å². The molecule has 0 radical (unpaired) electrons. The molecule has 216 valence electrons. The fourth-order valence-corrected chi connectivity index (χ4v) is 5.24. The van der Waals surface area contributed by atoms with Gasteiger partial charge in [0.05, 0.1) is 11.7 Å². The molecule has 4 heterocycles. The Balaban J connectivity index is 1.12. The van der Waals surface area contributed by atoms with Crippen molar-refractivity contribution < 1.29 is 22.4 Å². The van der Waals surface area contributed by atoms with Gasteiger partial charge < -0.3 is 15.2 Å². The molecule has 0 bridgehead atoms. The molecule has 2 aliphatic rings. The van der Waals surface area contributed by atoms with E-state index in [0.29, 0.717) is 47.4 Å². The van der Waals surface area contributed by atoms with Gasteiger partial charge in [0.25, 0.3) is 0 Å². The van der Waals surface area contributed by atoms with Crippen molar-refractivity contribution in [3.63, 3.8) is 0 Å². The van der Waals surface area contributed by atoms with E-state index in [-0.39, 0.29) is 24.6 Å². The molecule has 1 saturated heterocycles. The molecule has 1 saturated carbocycles. The van der Waals surface area contributed by atoms with Gasteiger partial charge in [-0.1, -0.05) is 0 Å². The normalized spacial score (nSPS) is 17.2. The Labute approximate surface area is 233 Å². The van der Waals surface area contributed by atoms with Crippen LogP contribution in [0.15, 0.2) is 42.9 Å². The fourth-order valence-electron chi connectivity index (χ4n) is 5.24. The van der Waals surface area contributed by atoms with Crippen LogP contribution in [0.1, 0.15) is 37.8 Å². The average molecular weight is 571 g/mol. The highest BCUT2D eigenvalue weighted by atomic mass is 19.4. The minimum atomic E-state index is -4.50. The number of hydrogen-bond acceptors (Lipinski definition) is 6. The number of carbonyl (C=O) groups is 1. The first-order valence-corrected chi connectivity index (χ1v) is 13.7. The Hall–Kier alpha value is -4.00. The Morgan fingerprint density at radius 2 is 1.95 bits per heavy atom. The molecule has 2 fully saturated rings. The monoisotopic (exact) mass is 570 g/mol. The fraction of sp³-hybridized carbons (Fsp3) is 0.429. The lowest BCUT2D eigenvalue weighted by Gasteiger charge is -2.38. The summed E-state index contributed by atoms with van der Waals surface area (Å²) in [4.78, 5) is 27.2. The maximum Gasteiger partial charge on any atom is 0.397 e. The molecule has 0 spiro atoms. The number of carbonyl (C=O) groups excluding carboxylic acids is 1. The first kappa shape index (κ1) is 27.2. The number of fused-ring (bicyclic) bond motifs is 1. The molecule has 1 aromatic carbocycles. The molecule has 6 rings (SSSR count). The van der Waals surface area contributed by atoms with Crippen LogP contribution in [0.5, 0.6) is 0 Å². The minimum Gasteiger partial charge on any atom is -0.340 e. The molecule has 1 aliphatic heterocycles. The van der Waals surface area contributed by atoms with Crippen molar-refractivity contribution in [3.8, 4) is 11.1 Å². The molecular formula is C28H30F4N8O. The lowest BCUT2D eigenvalue weighted by Crippen LogP contribution is -2.50. The van der Waals surface area contributed by atoms with Gasteiger partial charge in [-0.25, -0.2) is 14.4 Å². The summed E-state index contributed by atoms with van der Waals surface area (Å²) in [5.74, 6) is 0.221. The van der Waals surface area contributed by atoms with Crippen LogP contribution in [0.3, 0.4) is 0 Å². The van der Waals surface area contributed by atoms with Crippen molar-refractivity contribution in [2.75, 3.05) is 31.5 Å². The van der Waals surface area contributed by atoms with Gasteiger partial charge in [-0.05, 0) is 55.5 Å². The average Bonchev–Trinajstić information content (AvgIpc) is 3.46. The predicted molar refractivity (Wildman–Crippen MR) is 145 cm³/mol. The highest BCUT2D eigenvalue weighted by molar-refractivity contribution is 5.84. The maximum absolute atomic E-state index is 15.5. The number of nitrogens with one attached hydrogen (secondary N) is 2. The standard InChI is InChI=1S/C28H30F4N8O/c1-17(38-8-10-39(11-9-38)24(41)13-28(30,31)32)19-6-7-33-23(12-19)36-27-35-22-5-4-21(25(29)26(22)37-27)20-14-34-40(16-20)15-18-2-3-18/h4-7,12,14,16-18H,2-3,8-11,13,15H2,1H3,(H2,33,35,36,37). The first-order valence-electron chi connectivity index (χ1n) is 13.7. The zero-order chi connectivity index (χ0) is 28.7. The van der Waals surface area contributed by atoms with Crippen LogP contribution < -0.4 is 5.32 Å². The largest absolute Gasteiger partial charge is 0.397 e. The van der Waals surface area contributed by atoms with Gasteiger partial charge in [0.2, 0.25) is 11.9 Å². The van der Waals surface area contributed by atoms with Crippen LogP contribution in [0.2, 0.25) is 0 Å². The maximum atomic E-state index is 15.5. The summed E-state index contributed by atoms with van der Waals surface area (Å²) in [5, 5.41) is 7.49. The Morgan fingerprint density at radius 1 is 1.17 bits per heavy atom. The van der Waals surface area contributed by atoms with Gasteiger partial charge in [0.15, 0.2) is 5.82 Å². The molecule has 4 aromatic rings. The number of H-pyrrole nitrogens is 1. The number of pyridine rings is 1. The second-order valence-corrected chi connectivity index (χ2v) is 10.8. The molecule has 1 aliphatic carbocycles. The zero-order valence-corrected chi connectivity index (χ0v) is 22.5. The molecular weight excluding hydrogens is 540 g/mol. The van der Waals surface area contributed by atoms with Crippen LogP contribution in [-0.2, 0) is 11.3 Å². The van der Waals surface area contributed by atoms with Crippen molar-refractivity contribution in [1.29, 1.82) is 0 Å². The molecule has 41 heavy (non-hydrogen) atoms. The summed E-state index contributed by atoms with van der Waals surface area (Å²) in [6.07, 6.45) is 1.69. The van der Waals surface area contributed by atoms with Gasteiger partial charge in [0.1, 0.15) is 17.8 Å². The number of anilines is 2. The number of halogens is 4. The van der Waals surface area contributed by atoms with Crippen LogP contribution in [0.25, 0.3) is 22.2 Å². The number of aromatic amines is 1. The number of rotatable bonds is 8. The summed E-state index contributed by atoms with van der Waals surface area (Å²) >= 11 is 0. The summed E-state index contributed by atoms with van der Waals surface area (Å²) in [6.45, 7) is 4.25. The SMILES string of the molecule is CC(c1ccnc(Nc2nc3ccc(-c4cnn(CC5CC5)c4)c(F)c3[nH]2)c1)N1CCN(C(=O)CC(F)(F)F)CC1. The van der Waals surface area contributed by atoms with Crippen molar-refractivity contribution in [1.82, 2.24) is 34.5 Å². The van der Waals surface area contributed by atoms with E-state index < -0.39 is 24.3 Å². The first-order chi connectivity index (χ1) is 19.6. The van der Waals surface area contributed by atoms with Gasteiger partial charge in [-0.3, -0.25) is 14.4 Å². The van der Waals surface area contributed by atoms with E-state index in [9.17, 15) is 18.0 Å². The molecule has 13 heteroatoms. The van der Waals surface area contributed by atoms with E-state index in [1.54, 1.807) is 24.5 Å². The van der Waals surface area contributed by atoms with Gasteiger partial charge in [-0.2, -0.15) is 18.3 Å². The van der Waals surface area contributed by atoms with E-state index in [2.05, 4.69) is 30.3 Å². The van der Waals surface area contributed by atoms with Gasteiger partial charge in [-0.15, -0.1) is 0 Å². The number of piperazine rings is 1. The third-order valence-corrected chi connectivity index (χ3v) is 7.76. The van der Waals surface area contributed by atoms with Crippen LogP contribution in [-0.4, -0.2) is 72.8 Å². The molecule has 2 N–H and O–H groups in total. The second-order valence-electron chi connectivity index (χ2n) is 10.8. The number of hydrogen-bond donors (Lipinski definition) is 2. The molecule has 1 amide bonds. The molecule has 1 atom stereocenters. The highest BCUT2D eigenvalue weighted by Gasteiger charge is 2.35. The Bertz CT molecular complexity index is 1550. The number of alkyl halides is 3. The van der Waals surface area contributed by atoms with Gasteiger partial charge >= 0.3 is 6.18 Å². The van der Waals surface area contributed by atoms with Crippen LogP contribution in [0.4, 0.5) is 29.3 Å². The number of amides is 1. The van der Waals surface area contributed by atoms with E-state index in [4.69, 9.17) is 0 Å². The summed E-state index contributed by atoms with van der Waals surface area (Å²) in [5.41, 5.74) is 2.85. The third kappa shape index (κ3) is 6.19. The highest BCUT2D eigenvalue weighted by Crippen LogP contribution is 2.33. The third-order valence-electron chi connectivity index (χ3n) is 7.76. The minimum absolute atomic E-state index is 0.0603. The molecule has 1 unspecified atom stereocenters. The van der Waals surface area contributed by atoms with Crippen molar-refractivity contribution >= 4 is 28.7 Å². The quantitative estimate of drug-likeness (QED) is 0.280. The smallest absolute Gasteiger partial charge is 0.340 e. The van der Waals surface area contributed by atoms with E-state index in [1.807, 2.05) is 29.9 Å². The summed E-state index contributed by atoms with van der Waals surface area (Å²) < 4.78 is 55.1. The van der Waals surface area contributed by atoms with Crippen molar-refractivity contribution in [3.05, 3.63) is 54.2 Å². The lowest BCUT2D eigenvalue weighted by molar-refractivity contribution is -0.162. The Morgan fingerprint density at radius 3 is 2.68 bits per heavy atom. The van der Waals surface area contributed by atoms with Gasteiger partial charge in [0, 0.05) is 62.3 Å².